The van der Waals surface area contributed by atoms with Crippen molar-refractivity contribution in [2.45, 2.75) is 18.9 Å². The van der Waals surface area contributed by atoms with E-state index in [-0.39, 0.29) is 12.0 Å². The highest BCUT2D eigenvalue weighted by Crippen LogP contribution is 2.22. The van der Waals surface area contributed by atoms with Gasteiger partial charge in [-0.1, -0.05) is 0 Å². The molecule has 4 aromatic rings. The number of nitrogens with zero attached hydrogens (tertiary/aromatic N) is 6. The summed E-state index contributed by atoms with van der Waals surface area (Å²) in [6.07, 6.45) is 8.93. The van der Waals surface area contributed by atoms with Gasteiger partial charge in [-0.05, 0) is 36.4 Å². The van der Waals surface area contributed by atoms with E-state index in [0.717, 1.165) is 30.1 Å². The van der Waals surface area contributed by atoms with Crippen LogP contribution in [0.3, 0.4) is 0 Å². The molecule has 1 aliphatic heterocycles. The molecule has 0 radical (unpaired) electrons. The third kappa shape index (κ3) is 3.41. The average Bonchev–Trinajstić information content (AvgIpc) is 3.39. The van der Waals surface area contributed by atoms with Crippen molar-refractivity contribution in [2.75, 3.05) is 13.1 Å². The van der Waals surface area contributed by atoms with Gasteiger partial charge in [0.05, 0.1) is 17.5 Å². The molecular formula is C22H22N6O2. The molecule has 1 saturated heterocycles. The number of pyridine rings is 2. The monoisotopic (exact) mass is 402 g/mol. The fraction of sp³-hybridized carbons (Fsp3) is 0.273. The van der Waals surface area contributed by atoms with E-state index in [9.17, 15) is 4.79 Å². The van der Waals surface area contributed by atoms with Gasteiger partial charge in [0.15, 0.2) is 11.5 Å². The summed E-state index contributed by atoms with van der Waals surface area (Å²) in [6.45, 7) is 1.32. The molecule has 0 aromatic carbocycles. The Balaban J connectivity index is 1.31. The lowest BCUT2D eigenvalue weighted by molar-refractivity contribution is 0.0594. The number of carbonyl (C=O) groups excluding carboxylic acids is 1. The zero-order valence-corrected chi connectivity index (χ0v) is 16.7. The van der Waals surface area contributed by atoms with E-state index in [2.05, 4.69) is 15.2 Å². The molecule has 1 amide bonds. The van der Waals surface area contributed by atoms with Crippen LogP contribution < -0.4 is 4.74 Å². The van der Waals surface area contributed by atoms with Crippen LogP contribution in [0.4, 0.5) is 0 Å². The molecule has 1 fully saturated rings. The van der Waals surface area contributed by atoms with Crippen molar-refractivity contribution in [3.63, 3.8) is 0 Å². The first kappa shape index (κ1) is 18.4. The first-order valence-electron chi connectivity index (χ1n) is 10.0. The second-order valence-electron chi connectivity index (χ2n) is 7.47. The van der Waals surface area contributed by atoms with Crippen molar-refractivity contribution < 1.29 is 9.53 Å². The molecular weight excluding hydrogens is 380 g/mol. The number of hydrogen-bond donors (Lipinski definition) is 0. The number of amides is 1. The average molecular weight is 402 g/mol. The van der Waals surface area contributed by atoms with Gasteiger partial charge in [-0.15, -0.1) is 10.2 Å². The summed E-state index contributed by atoms with van der Waals surface area (Å²) in [5, 5.41) is 8.54. The van der Waals surface area contributed by atoms with Gasteiger partial charge in [0, 0.05) is 51.6 Å². The predicted molar refractivity (Wildman–Crippen MR) is 111 cm³/mol. The van der Waals surface area contributed by atoms with Gasteiger partial charge in [-0.25, -0.2) is 0 Å². The molecule has 5 rings (SSSR count). The maximum atomic E-state index is 13.1. The fourth-order valence-electron chi connectivity index (χ4n) is 3.85. The van der Waals surface area contributed by atoms with Crippen molar-refractivity contribution in [2.24, 2.45) is 7.05 Å². The van der Waals surface area contributed by atoms with Crippen LogP contribution in [0, 0.1) is 0 Å². The van der Waals surface area contributed by atoms with Crippen LogP contribution in [-0.4, -0.2) is 54.1 Å². The minimum atomic E-state index is 0.0169. The Morgan fingerprint density at radius 1 is 1.10 bits per heavy atom. The Kier molecular flexibility index (Phi) is 4.66. The molecule has 0 bridgehead atoms. The molecule has 0 saturated carbocycles. The molecule has 0 N–H and O–H groups in total. The summed E-state index contributed by atoms with van der Waals surface area (Å²) in [4.78, 5) is 19.1. The van der Waals surface area contributed by atoms with E-state index >= 15 is 0 Å². The van der Waals surface area contributed by atoms with E-state index in [0.29, 0.717) is 24.3 Å². The quantitative estimate of drug-likeness (QED) is 0.525. The largest absolute Gasteiger partial charge is 0.489 e. The highest BCUT2D eigenvalue weighted by Gasteiger charge is 2.25. The standard InChI is InChI=1S/C22H22N6O2/c1-26-11-3-5-19(26)21-25-24-20-7-6-16(15-28(20)21)22(29)27-12-8-17(9-13-27)30-18-4-2-10-23-14-18/h2-7,10-11,14-15,17H,8-9,12-13H2,1H3. The topological polar surface area (TPSA) is 77.5 Å². The molecule has 4 aromatic heterocycles. The Bertz CT molecular complexity index is 1170. The molecule has 5 heterocycles. The summed E-state index contributed by atoms with van der Waals surface area (Å²) in [6, 6.07) is 11.4. The summed E-state index contributed by atoms with van der Waals surface area (Å²) >= 11 is 0. The van der Waals surface area contributed by atoms with Crippen LogP contribution in [0.5, 0.6) is 5.75 Å². The normalized spacial score (nSPS) is 14.9. The maximum Gasteiger partial charge on any atom is 0.255 e. The molecule has 1 aliphatic rings. The summed E-state index contributed by atoms with van der Waals surface area (Å²) < 4.78 is 9.84. The highest BCUT2D eigenvalue weighted by atomic mass is 16.5. The summed E-state index contributed by atoms with van der Waals surface area (Å²) in [5.41, 5.74) is 2.29. The van der Waals surface area contributed by atoms with Crippen molar-refractivity contribution in [1.29, 1.82) is 0 Å². The van der Waals surface area contributed by atoms with Crippen molar-refractivity contribution in [3.05, 3.63) is 66.7 Å². The van der Waals surface area contributed by atoms with E-state index < -0.39 is 0 Å². The summed E-state index contributed by atoms with van der Waals surface area (Å²) in [7, 11) is 1.96. The van der Waals surface area contributed by atoms with E-state index in [1.807, 2.05) is 69.7 Å². The third-order valence-corrected chi connectivity index (χ3v) is 5.49. The van der Waals surface area contributed by atoms with Crippen molar-refractivity contribution >= 4 is 11.6 Å². The number of piperidine rings is 1. The minimum Gasteiger partial charge on any atom is -0.489 e. The molecule has 0 atom stereocenters. The maximum absolute atomic E-state index is 13.1. The number of aryl methyl sites for hydroxylation is 1. The SMILES string of the molecule is Cn1cccc1-c1nnc2ccc(C(=O)N3CCC(Oc4cccnc4)CC3)cn12. The zero-order valence-electron chi connectivity index (χ0n) is 16.7. The van der Waals surface area contributed by atoms with Gasteiger partial charge < -0.3 is 14.2 Å². The van der Waals surface area contributed by atoms with Gasteiger partial charge >= 0.3 is 0 Å². The van der Waals surface area contributed by atoms with E-state index in [4.69, 9.17) is 4.74 Å². The van der Waals surface area contributed by atoms with E-state index in [1.165, 1.54) is 0 Å². The molecule has 30 heavy (non-hydrogen) atoms. The number of ether oxygens (including phenoxy) is 1. The van der Waals surface area contributed by atoms with Crippen molar-refractivity contribution in [3.8, 4) is 17.3 Å². The minimum absolute atomic E-state index is 0.0169. The molecule has 8 heteroatoms. The Morgan fingerprint density at radius 3 is 2.70 bits per heavy atom. The first-order valence-corrected chi connectivity index (χ1v) is 10.0. The molecule has 152 valence electrons. The Hall–Kier alpha value is -3.68. The van der Waals surface area contributed by atoms with E-state index in [1.54, 1.807) is 12.4 Å². The Morgan fingerprint density at radius 2 is 1.97 bits per heavy atom. The van der Waals surface area contributed by atoms with Gasteiger partial charge in [0.1, 0.15) is 11.9 Å². The van der Waals surface area contributed by atoms with Crippen molar-refractivity contribution in [1.82, 2.24) is 29.0 Å². The zero-order chi connectivity index (χ0) is 20.5. The summed E-state index contributed by atoms with van der Waals surface area (Å²) in [5.74, 6) is 1.51. The number of likely N-dealkylation sites (tertiary alicyclic amines) is 1. The second-order valence-corrected chi connectivity index (χ2v) is 7.47. The van der Waals surface area contributed by atoms with Crippen LogP contribution in [0.15, 0.2) is 61.2 Å². The third-order valence-electron chi connectivity index (χ3n) is 5.49. The molecule has 8 nitrogen and oxygen atoms in total. The van der Waals surface area contributed by atoms with Gasteiger partial charge in [-0.3, -0.25) is 14.2 Å². The lowest BCUT2D eigenvalue weighted by Crippen LogP contribution is -2.41. The van der Waals surface area contributed by atoms with Crippen LogP contribution in [0.2, 0.25) is 0 Å². The number of fused-ring (bicyclic) bond motifs is 1. The fourth-order valence-corrected chi connectivity index (χ4v) is 3.85. The number of hydrogen-bond acceptors (Lipinski definition) is 5. The van der Waals surface area contributed by atoms with Crippen LogP contribution >= 0.6 is 0 Å². The van der Waals surface area contributed by atoms with Gasteiger partial charge in [0.25, 0.3) is 5.91 Å². The molecule has 0 unspecified atom stereocenters. The van der Waals surface area contributed by atoms with Crippen LogP contribution in [0.25, 0.3) is 17.2 Å². The van der Waals surface area contributed by atoms with Crippen LogP contribution in [-0.2, 0) is 7.05 Å². The van der Waals surface area contributed by atoms with Crippen LogP contribution in [0.1, 0.15) is 23.2 Å². The lowest BCUT2D eigenvalue weighted by atomic mass is 10.1. The number of aromatic nitrogens is 5. The predicted octanol–water partition coefficient (Wildman–Crippen LogP) is 2.81. The molecule has 0 spiro atoms. The smallest absolute Gasteiger partial charge is 0.255 e. The second kappa shape index (κ2) is 7.62. The Labute approximate surface area is 173 Å². The number of carbonyl (C=O) groups is 1. The lowest BCUT2D eigenvalue weighted by Gasteiger charge is -2.32. The number of rotatable bonds is 4. The highest BCUT2D eigenvalue weighted by molar-refractivity contribution is 5.94. The molecule has 0 aliphatic carbocycles. The van der Waals surface area contributed by atoms with Gasteiger partial charge in [-0.2, -0.15) is 0 Å². The van der Waals surface area contributed by atoms with Gasteiger partial charge in [0.2, 0.25) is 0 Å². The first-order chi connectivity index (χ1) is 14.7.